The summed E-state index contributed by atoms with van der Waals surface area (Å²) >= 11 is 0. The minimum atomic E-state index is -0.693. The lowest BCUT2D eigenvalue weighted by atomic mass is 9.45. The summed E-state index contributed by atoms with van der Waals surface area (Å²) in [4.78, 5) is 11.9. The number of carbonyl (C=O) groups excluding carboxylic acids is 1. The van der Waals surface area contributed by atoms with Crippen LogP contribution < -0.4 is 0 Å². The second-order valence-corrected chi connectivity index (χ2v) is 9.81. The van der Waals surface area contributed by atoms with Gasteiger partial charge in [-0.05, 0) is 81.0 Å². The first kappa shape index (κ1) is 18.9. The zero-order valence-corrected chi connectivity index (χ0v) is 17.3. The summed E-state index contributed by atoms with van der Waals surface area (Å²) in [5.74, 6) is 4.80. The topological polar surface area (TPSA) is 26.3 Å². The first-order valence-electron chi connectivity index (χ1n) is 10.9. The monoisotopic (exact) mass is 366 g/mol. The van der Waals surface area contributed by atoms with E-state index >= 15 is 0 Å². The molecule has 4 aliphatic rings. The summed E-state index contributed by atoms with van der Waals surface area (Å²) in [6.07, 6.45) is 18.5. The summed E-state index contributed by atoms with van der Waals surface area (Å²) in [5, 5.41) is 0. The van der Waals surface area contributed by atoms with E-state index in [1.54, 1.807) is 5.57 Å². The average molecular weight is 367 g/mol. The standard InChI is InChI=1S/C25H34O2/c1-6-24-14-11-21-20(9-8-19-16-17(3)10-13-23(19,21)5)22(24)12-15-25(24,7-2)27-18(4)26/h2,16,20-22H,3,6,8-15H2,1,4-5H3. The Balaban J connectivity index is 1.72. The average Bonchev–Trinajstić information content (AvgIpc) is 2.97. The van der Waals surface area contributed by atoms with Gasteiger partial charge in [-0.15, -0.1) is 6.42 Å². The van der Waals surface area contributed by atoms with E-state index < -0.39 is 5.60 Å². The van der Waals surface area contributed by atoms with Gasteiger partial charge in [-0.2, -0.15) is 0 Å². The normalized spacial score (nSPS) is 45.8. The number of ether oxygens (including phenoxy) is 1. The van der Waals surface area contributed by atoms with Crippen LogP contribution in [0.25, 0.3) is 0 Å². The largest absolute Gasteiger partial charge is 0.445 e. The van der Waals surface area contributed by atoms with E-state index in [1.165, 1.54) is 38.2 Å². The van der Waals surface area contributed by atoms with Gasteiger partial charge in [0.15, 0.2) is 5.60 Å². The van der Waals surface area contributed by atoms with Crippen LogP contribution in [0, 0.1) is 40.9 Å². The quantitative estimate of drug-likeness (QED) is 0.454. The molecular formula is C25H34O2. The second-order valence-electron chi connectivity index (χ2n) is 9.81. The van der Waals surface area contributed by atoms with Crippen LogP contribution in [0.2, 0.25) is 0 Å². The Labute approximate surface area is 164 Å². The fourth-order valence-corrected chi connectivity index (χ4v) is 7.83. The van der Waals surface area contributed by atoms with Crippen LogP contribution in [0.5, 0.6) is 0 Å². The maximum Gasteiger partial charge on any atom is 0.304 e. The second kappa shape index (κ2) is 6.26. The summed E-state index contributed by atoms with van der Waals surface area (Å²) in [5.41, 5.74) is 2.55. The molecule has 4 aliphatic carbocycles. The molecule has 6 atom stereocenters. The van der Waals surface area contributed by atoms with E-state index in [2.05, 4.69) is 32.4 Å². The lowest BCUT2D eigenvalue weighted by molar-refractivity contribution is -0.172. The molecule has 0 aliphatic heterocycles. The van der Waals surface area contributed by atoms with Gasteiger partial charge in [0.1, 0.15) is 0 Å². The molecule has 0 heterocycles. The van der Waals surface area contributed by atoms with E-state index in [0.717, 1.165) is 38.0 Å². The predicted octanol–water partition coefficient (Wildman–Crippen LogP) is 5.83. The number of carbonyl (C=O) groups is 1. The van der Waals surface area contributed by atoms with Crippen molar-refractivity contribution in [3.8, 4) is 12.3 Å². The molecular weight excluding hydrogens is 332 g/mol. The fraction of sp³-hybridized carbons (Fsp3) is 0.720. The molecule has 3 saturated carbocycles. The predicted molar refractivity (Wildman–Crippen MR) is 109 cm³/mol. The van der Waals surface area contributed by atoms with Gasteiger partial charge in [0.25, 0.3) is 0 Å². The van der Waals surface area contributed by atoms with Crippen molar-refractivity contribution in [3.63, 3.8) is 0 Å². The van der Waals surface area contributed by atoms with Gasteiger partial charge < -0.3 is 4.74 Å². The van der Waals surface area contributed by atoms with Gasteiger partial charge >= 0.3 is 5.97 Å². The van der Waals surface area contributed by atoms with Crippen LogP contribution in [0.15, 0.2) is 23.8 Å². The molecule has 3 fully saturated rings. The lowest BCUT2D eigenvalue weighted by Gasteiger charge is -2.59. The van der Waals surface area contributed by atoms with Crippen molar-refractivity contribution in [2.75, 3.05) is 0 Å². The number of rotatable bonds is 2. The Morgan fingerprint density at radius 3 is 2.67 bits per heavy atom. The van der Waals surface area contributed by atoms with Crippen molar-refractivity contribution < 1.29 is 9.53 Å². The van der Waals surface area contributed by atoms with Gasteiger partial charge in [-0.3, -0.25) is 4.79 Å². The summed E-state index contributed by atoms with van der Waals surface area (Å²) < 4.78 is 5.94. The van der Waals surface area contributed by atoms with E-state index in [-0.39, 0.29) is 11.4 Å². The van der Waals surface area contributed by atoms with Gasteiger partial charge in [0.2, 0.25) is 0 Å². The molecule has 0 N–H and O–H groups in total. The Morgan fingerprint density at radius 1 is 1.26 bits per heavy atom. The Bertz CT molecular complexity index is 740. The van der Waals surface area contributed by atoms with Crippen LogP contribution >= 0.6 is 0 Å². The number of fused-ring (bicyclic) bond motifs is 5. The van der Waals surface area contributed by atoms with Gasteiger partial charge in [0.05, 0.1) is 0 Å². The van der Waals surface area contributed by atoms with Crippen molar-refractivity contribution >= 4 is 5.97 Å². The summed E-state index contributed by atoms with van der Waals surface area (Å²) in [6.45, 7) is 10.5. The molecule has 0 spiro atoms. The maximum atomic E-state index is 11.9. The molecule has 0 aromatic rings. The van der Waals surface area contributed by atoms with Gasteiger partial charge in [-0.1, -0.05) is 43.6 Å². The van der Waals surface area contributed by atoms with Gasteiger partial charge in [-0.25, -0.2) is 0 Å². The van der Waals surface area contributed by atoms with Crippen molar-refractivity contribution in [3.05, 3.63) is 23.8 Å². The van der Waals surface area contributed by atoms with Crippen molar-refractivity contribution in [2.45, 2.75) is 84.2 Å². The zero-order chi connectivity index (χ0) is 19.4. The molecule has 2 nitrogen and oxygen atoms in total. The third kappa shape index (κ3) is 2.43. The number of terminal acetylenes is 1. The maximum absolute atomic E-state index is 11.9. The smallest absolute Gasteiger partial charge is 0.304 e. The Kier molecular flexibility index (Phi) is 4.37. The highest BCUT2D eigenvalue weighted by atomic mass is 16.6. The third-order valence-corrected chi connectivity index (χ3v) is 9.08. The van der Waals surface area contributed by atoms with E-state index in [4.69, 9.17) is 11.2 Å². The minimum absolute atomic E-state index is 0.0373. The lowest BCUT2D eigenvalue weighted by Crippen LogP contribution is -2.56. The Hall–Kier alpha value is -1.49. The molecule has 0 aromatic heterocycles. The number of hydrogen-bond donors (Lipinski definition) is 0. The Morgan fingerprint density at radius 2 is 2.00 bits per heavy atom. The number of allylic oxidation sites excluding steroid dienone is 3. The van der Waals surface area contributed by atoms with Crippen LogP contribution in [0.1, 0.15) is 78.6 Å². The van der Waals surface area contributed by atoms with E-state index in [0.29, 0.717) is 17.3 Å². The molecule has 4 rings (SSSR count). The number of hydrogen-bond acceptors (Lipinski definition) is 2. The van der Waals surface area contributed by atoms with Crippen LogP contribution in [-0.2, 0) is 9.53 Å². The van der Waals surface area contributed by atoms with Crippen molar-refractivity contribution in [1.29, 1.82) is 0 Å². The summed E-state index contributed by atoms with van der Waals surface area (Å²) in [6, 6.07) is 0. The molecule has 0 radical (unpaired) electrons. The third-order valence-electron chi connectivity index (χ3n) is 9.08. The van der Waals surface area contributed by atoms with Crippen molar-refractivity contribution in [1.82, 2.24) is 0 Å². The van der Waals surface area contributed by atoms with E-state index in [1.807, 2.05) is 0 Å². The first-order chi connectivity index (χ1) is 12.8. The van der Waals surface area contributed by atoms with Crippen LogP contribution in [-0.4, -0.2) is 11.6 Å². The summed E-state index contributed by atoms with van der Waals surface area (Å²) in [7, 11) is 0. The SMILES string of the molecule is C#CC1(OC(C)=O)CCC2C3CCC4=CC(=C)CCC4(C)C3CCC21CC. The highest BCUT2D eigenvalue weighted by molar-refractivity contribution is 5.67. The fourth-order valence-electron chi connectivity index (χ4n) is 7.83. The molecule has 146 valence electrons. The van der Waals surface area contributed by atoms with Crippen molar-refractivity contribution in [2.24, 2.45) is 28.6 Å². The molecule has 0 amide bonds. The van der Waals surface area contributed by atoms with Crippen LogP contribution in [0.3, 0.4) is 0 Å². The number of esters is 1. The highest BCUT2D eigenvalue weighted by Gasteiger charge is 2.66. The van der Waals surface area contributed by atoms with Gasteiger partial charge in [0, 0.05) is 12.3 Å². The molecule has 0 bridgehead atoms. The highest BCUT2D eigenvalue weighted by Crippen LogP contribution is 2.69. The minimum Gasteiger partial charge on any atom is -0.445 e. The zero-order valence-electron chi connectivity index (χ0n) is 17.3. The molecule has 2 heteroatoms. The van der Waals surface area contributed by atoms with E-state index in [9.17, 15) is 4.79 Å². The van der Waals surface area contributed by atoms with Crippen LogP contribution in [0.4, 0.5) is 0 Å². The molecule has 27 heavy (non-hydrogen) atoms. The molecule has 0 aromatic carbocycles. The molecule has 0 saturated heterocycles. The molecule has 6 unspecified atom stereocenters. The first-order valence-corrected chi connectivity index (χ1v) is 10.9.